The summed E-state index contributed by atoms with van der Waals surface area (Å²) in [6.07, 6.45) is -2.87. The number of nitrogens with one attached hydrogen (secondary N) is 2. The van der Waals surface area contributed by atoms with Crippen molar-refractivity contribution < 1.29 is 18.3 Å². The minimum absolute atomic E-state index is 0.0849. The van der Waals surface area contributed by atoms with E-state index in [9.17, 15) is 18.3 Å². The Morgan fingerprint density at radius 1 is 1.16 bits per heavy atom. The molecule has 0 spiro atoms. The summed E-state index contributed by atoms with van der Waals surface area (Å²) in [7, 11) is 0. The molecule has 1 aromatic carbocycles. The van der Waals surface area contributed by atoms with Crippen LogP contribution in [-0.2, 0) is 0 Å². The molecule has 0 bridgehead atoms. The molecule has 2 unspecified atom stereocenters. The predicted octanol–water partition coefficient (Wildman–Crippen LogP) is 5.24. The number of para-hydroxylation sites is 1. The van der Waals surface area contributed by atoms with Crippen molar-refractivity contribution in [2.45, 2.75) is 45.8 Å². The number of alkyl halides is 3. The molecule has 3 aromatic rings. The Bertz CT molecular complexity index is 987. The van der Waals surface area contributed by atoms with Crippen molar-refractivity contribution in [1.29, 1.82) is 0 Å². The third kappa shape index (κ3) is 5.62. The number of nitrogens with zero attached hydrogens (tertiary/aromatic N) is 3. The molecule has 3 rings (SSSR count). The Morgan fingerprint density at radius 2 is 1.90 bits per heavy atom. The quantitative estimate of drug-likeness (QED) is 0.411. The smallest absolute Gasteiger partial charge is 0.396 e. The van der Waals surface area contributed by atoms with Crippen LogP contribution in [0.4, 0.5) is 24.9 Å². The molecular formula is C21H26F3N5OS. The molecule has 2 atom stereocenters. The average Bonchev–Trinajstić information content (AvgIpc) is 3.13. The van der Waals surface area contributed by atoms with Crippen LogP contribution in [0.3, 0.4) is 0 Å². The highest BCUT2D eigenvalue weighted by molar-refractivity contribution is 7.21. The van der Waals surface area contributed by atoms with Crippen LogP contribution in [0, 0.1) is 12.8 Å². The molecule has 2 heterocycles. The molecule has 0 amide bonds. The van der Waals surface area contributed by atoms with E-state index in [2.05, 4.69) is 25.6 Å². The Balaban J connectivity index is 1.97. The molecule has 168 valence electrons. The Hall–Kier alpha value is -2.46. The maximum Gasteiger partial charge on any atom is 0.408 e. The lowest BCUT2D eigenvalue weighted by molar-refractivity contribution is -0.138. The molecule has 0 radical (unpaired) electrons. The number of rotatable bonds is 9. The van der Waals surface area contributed by atoms with Gasteiger partial charge in [-0.25, -0.2) is 9.97 Å². The number of aliphatic hydroxyl groups excluding tert-OH is 1. The van der Waals surface area contributed by atoms with E-state index in [4.69, 9.17) is 0 Å². The zero-order chi connectivity index (χ0) is 22.6. The highest BCUT2D eigenvalue weighted by atomic mass is 32.1. The number of benzene rings is 1. The van der Waals surface area contributed by atoms with Gasteiger partial charge in [0.15, 0.2) is 0 Å². The Labute approximate surface area is 183 Å². The number of fused-ring (bicyclic) bond motifs is 1. The van der Waals surface area contributed by atoms with Gasteiger partial charge < -0.3 is 15.7 Å². The van der Waals surface area contributed by atoms with Crippen molar-refractivity contribution in [3.05, 3.63) is 30.0 Å². The van der Waals surface area contributed by atoms with E-state index in [0.717, 1.165) is 23.6 Å². The first-order valence-electron chi connectivity index (χ1n) is 10.2. The van der Waals surface area contributed by atoms with Crippen LogP contribution in [0.5, 0.6) is 0 Å². The zero-order valence-electron chi connectivity index (χ0n) is 17.6. The largest absolute Gasteiger partial charge is 0.408 e. The first-order chi connectivity index (χ1) is 14.7. The Kier molecular flexibility index (Phi) is 7.32. The van der Waals surface area contributed by atoms with Gasteiger partial charge in [0.2, 0.25) is 5.95 Å². The van der Waals surface area contributed by atoms with Gasteiger partial charge in [-0.3, -0.25) is 0 Å². The minimum Gasteiger partial charge on any atom is -0.396 e. The second kappa shape index (κ2) is 9.78. The van der Waals surface area contributed by atoms with Crippen molar-refractivity contribution in [2.24, 2.45) is 5.92 Å². The molecule has 2 aromatic heterocycles. The highest BCUT2D eigenvalue weighted by Crippen LogP contribution is 2.36. The van der Waals surface area contributed by atoms with Gasteiger partial charge >= 0.3 is 6.18 Å². The topological polar surface area (TPSA) is 83.0 Å². The Morgan fingerprint density at radius 3 is 2.55 bits per heavy atom. The number of halogens is 3. The van der Waals surface area contributed by atoms with Crippen LogP contribution in [-0.4, -0.2) is 45.4 Å². The number of aryl methyl sites for hydroxylation is 1. The maximum absolute atomic E-state index is 13.0. The fraction of sp³-hybridized carbons (Fsp3) is 0.476. The van der Waals surface area contributed by atoms with Gasteiger partial charge in [-0.1, -0.05) is 25.5 Å². The SMILES string of the molecule is CCC(CO)CCNc1nc(NC(C)C(F)(F)F)nc(C)c1-c1nc2ccccc2s1. The first-order valence-corrected chi connectivity index (χ1v) is 11.0. The summed E-state index contributed by atoms with van der Waals surface area (Å²) in [6.45, 7) is 5.37. The van der Waals surface area contributed by atoms with Crippen LogP contribution >= 0.6 is 11.3 Å². The minimum atomic E-state index is -4.41. The number of hydrogen-bond donors (Lipinski definition) is 3. The van der Waals surface area contributed by atoms with Gasteiger partial charge in [0.05, 0.1) is 21.5 Å². The van der Waals surface area contributed by atoms with E-state index in [0.29, 0.717) is 35.0 Å². The molecular weight excluding hydrogens is 427 g/mol. The lowest BCUT2D eigenvalue weighted by Gasteiger charge is -2.19. The number of thiazole rings is 1. The molecule has 10 heteroatoms. The number of anilines is 2. The van der Waals surface area contributed by atoms with Crippen LogP contribution in [0.25, 0.3) is 20.8 Å². The standard InChI is InChI=1S/C21H26F3N5OS/c1-4-14(11-30)9-10-25-18-17(19-28-15-7-5-6-8-16(15)31-19)12(2)26-20(29-18)27-13(3)21(22,23)24/h5-8,13-14,30H,4,9-11H2,1-3H3,(H2,25,26,27,29). The lowest BCUT2D eigenvalue weighted by atomic mass is 10.0. The molecule has 0 saturated carbocycles. The second-order valence-corrected chi connectivity index (χ2v) is 8.45. The van der Waals surface area contributed by atoms with Crippen molar-refractivity contribution in [1.82, 2.24) is 15.0 Å². The van der Waals surface area contributed by atoms with Gasteiger partial charge in [0, 0.05) is 13.2 Å². The molecule has 0 aliphatic heterocycles. The van der Waals surface area contributed by atoms with Gasteiger partial charge in [-0.05, 0) is 38.3 Å². The van der Waals surface area contributed by atoms with E-state index in [1.54, 1.807) is 6.92 Å². The molecule has 3 N–H and O–H groups in total. The molecule has 6 nitrogen and oxygen atoms in total. The summed E-state index contributed by atoms with van der Waals surface area (Å²) in [4.78, 5) is 13.3. The molecule has 0 aliphatic carbocycles. The zero-order valence-corrected chi connectivity index (χ0v) is 18.4. The molecule has 31 heavy (non-hydrogen) atoms. The van der Waals surface area contributed by atoms with Crippen LogP contribution < -0.4 is 10.6 Å². The third-order valence-corrected chi connectivity index (χ3v) is 6.17. The summed E-state index contributed by atoms with van der Waals surface area (Å²) >= 11 is 1.48. The summed E-state index contributed by atoms with van der Waals surface area (Å²) in [5.74, 6) is 0.476. The van der Waals surface area contributed by atoms with Crippen LogP contribution in [0.2, 0.25) is 0 Å². The second-order valence-electron chi connectivity index (χ2n) is 7.42. The normalized spacial score (nSPS) is 13.9. The lowest BCUT2D eigenvalue weighted by Crippen LogP contribution is -2.34. The summed E-state index contributed by atoms with van der Waals surface area (Å²) < 4.78 is 40.0. The fourth-order valence-corrected chi connectivity index (χ4v) is 4.16. The average molecular weight is 454 g/mol. The highest BCUT2D eigenvalue weighted by Gasteiger charge is 2.36. The monoisotopic (exact) mass is 453 g/mol. The first kappa shape index (κ1) is 23.2. The van der Waals surface area contributed by atoms with Crippen LogP contribution in [0.1, 0.15) is 32.4 Å². The summed E-state index contributed by atoms with van der Waals surface area (Å²) in [6, 6.07) is 5.92. The fourth-order valence-electron chi connectivity index (χ4n) is 3.10. The van der Waals surface area contributed by atoms with Crippen LogP contribution in [0.15, 0.2) is 24.3 Å². The van der Waals surface area contributed by atoms with Gasteiger partial charge in [0.25, 0.3) is 0 Å². The van der Waals surface area contributed by atoms with Gasteiger partial charge in [-0.15, -0.1) is 11.3 Å². The maximum atomic E-state index is 13.0. The molecule has 0 fully saturated rings. The predicted molar refractivity (Wildman–Crippen MR) is 118 cm³/mol. The van der Waals surface area contributed by atoms with Gasteiger partial charge in [0.1, 0.15) is 16.9 Å². The van der Waals surface area contributed by atoms with E-state index in [-0.39, 0.29) is 18.5 Å². The van der Waals surface area contributed by atoms with E-state index < -0.39 is 12.2 Å². The van der Waals surface area contributed by atoms with Crippen molar-refractivity contribution in [2.75, 3.05) is 23.8 Å². The van der Waals surface area contributed by atoms with Crippen molar-refractivity contribution in [3.8, 4) is 10.6 Å². The van der Waals surface area contributed by atoms with E-state index in [1.807, 2.05) is 31.2 Å². The number of aromatic nitrogens is 3. The molecule has 0 aliphatic rings. The third-order valence-electron chi connectivity index (χ3n) is 5.11. The summed E-state index contributed by atoms with van der Waals surface area (Å²) in [5.41, 5.74) is 2.04. The van der Waals surface area contributed by atoms with E-state index in [1.165, 1.54) is 11.3 Å². The van der Waals surface area contributed by atoms with E-state index >= 15 is 0 Å². The van der Waals surface area contributed by atoms with Gasteiger partial charge in [-0.2, -0.15) is 18.2 Å². The van der Waals surface area contributed by atoms with Crippen molar-refractivity contribution >= 4 is 33.3 Å². The number of aliphatic hydroxyl groups is 1. The summed E-state index contributed by atoms with van der Waals surface area (Å²) in [5, 5.41) is 15.7. The van der Waals surface area contributed by atoms with Crippen molar-refractivity contribution in [3.63, 3.8) is 0 Å². The number of hydrogen-bond acceptors (Lipinski definition) is 7. The molecule has 0 saturated heterocycles.